The number of carbonyl (C=O) groups excluding carboxylic acids is 6. The number of hydrogen-bond acceptors (Lipinski definition) is 14. The maximum absolute atomic E-state index is 11.6. The molecule has 10 aliphatic rings. The van der Waals surface area contributed by atoms with Gasteiger partial charge in [0.25, 0.3) is 0 Å². The first-order valence-corrected chi connectivity index (χ1v) is 30.7. The number of hydrogen-bond donors (Lipinski definition) is 0. The van der Waals surface area contributed by atoms with Crippen LogP contribution in [0.1, 0.15) is 176 Å². The molecule has 0 unspecified atom stereocenters. The highest BCUT2D eigenvalue weighted by molar-refractivity contribution is 6.28. The fourth-order valence-electron chi connectivity index (χ4n) is 13.8. The van der Waals surface area contributed by atoms with Crippen molar-refractivity contribution in [2.45, 2.75) is 198 Å². The molecular weight excluding hydrogens is 1100 g/mol. The molecule has 14 nitrogen and oxygen atoms in total. The molecule has 0 atom stereocenters. The molecule has 0 radical (unpaired) electrons. The number of alkyl halides is 6. The van der Waals surface area contributed by atoms with Gasteiger partial charge in [-0.15, -0.1) is 69.6 Å². The molecule has 10 aliphatic carbocycles. The molecule has 0 amide bonds. The van der Waals surface area contributed by atoms with Gasteiger partial charge in [0.2, 0.25) is 0 Å². The maximum Gasteiger partial charge on any atom is 0.322 e. The van der Waals surface area contributed by atoms with Crippen LogP contribution in [0, 0.1) is 47.3 Å². The minimum atomic E-state index is -0.464. The van der Waals surface area contributed by atoms with Crippen LogP contribution in [0.2, 0.25) is 0 Å². The van der Waals surface area contributed by atoms with Crippen molar-refractivity contribution in [3.63, 3.8) is 0 Å². The van der Waals surface area contributed by atoms with Crippen molar-refractivity contribution in [2.24, 2.45) is 47.3 Å². The Hall–Kier alpha value is -1.52. The highest BCUT2D eigenvalue weighted by Crippen LogP contribution is 2.61. The summed E-state index contributed by atoms with van der Waals surface area (Å²) in [5.74, 6) is 3.80. The van der Waals surface area contributed by atoms with Gasteiger partial charge in [0.1, 0.15) is 57.7 Å². The molecule has 75 heavy (non-hydrogen) atoms. The molecule has 0 N–H and O–H groups in total. The fraction of sp³-hybridized carbons (Fsp3) is 0.891. The molecule has 0 aromatic rings. The van der Waals surface area contributed by atoms with Gasteiger partial charge in [0, 0.05) is 13.7 Å². The van der Waals surface area contributed by atoms with Crippen LogP contribution in [0.3, 0.4) is 0 Å². The van der Waals surface area contributed by atoms with E-state index < -0.39 is 11.9 Å². The molecule has 10 rings (SSSR count). The summed E-state index contributed by atoms with van der Waals surface area (Å²) in [6, 6.07) is 0. The second-order valence-corrected chi connectivity index (χ2v) is 23.3. The van der Waals surface area contributed by atoms with Crippen molar-refractivity contribution in [1.82, 2.24) is 0 Å². The second-order valence-electron chi connectivity index (χ2n) is 21.7. The Morgan fingerprint density at radius 3 is 1.08 bits per heavy atom. The van der Waals surface area contributed by atoms with Crippen molar-refractivity contribution in [3.8, 4) is 0 Å². The Balaban J connectivity index is 0.000000242. The van der Waals surface area contributed by atoms with E-state index in [9.17, 15) is 28.8 Å². The summed E-state index contributed by atoms with van der Waals surface area (Å²) in [6.07, 6.45) is 25.8. The number of ether oxygens (including phenoxy) is 8. The van der Waals surface area contributed by atoms with Gasteiger partial charge in [0.05, 0.1) is 0 Å². The van der Waals surface area contributed by atoms with E-state index in [0.717, 1.165) is 68.6 Å². The minimum absolute atomic E-state index is 0.00204. The van der Waals surface area contributed by atoms with Gasteiger partial charge in [-0.05, 0) is 196 Å². The number of halogens is 6. The van der Waals surface area contributed by atoms with Gasteiger partial charge in [-0.2, -0.15) is 0 Å². The first-order valence-electron chi connectivity index (χ1n) is 27.5. The predicted molar refractivity (Wildman–Crippen MR) is 292 cm³/mol. The Morgan fingerprint density at radius 2 is 0.747 bits per heavy atom. The highest BCUT2D eigenvalue weighted by Gasteiger charge is 2.59. The van der Waals surface area contributed by atoms with Crippen LogP contribution >= 0.6 is 69.6 Å². The molecular formula is C55H88Cl6O14. The summed E-state index contributed by atoms with van der Waals surface area (Å²) in [4.78, 5) is 65.5. The van der Waals surface area contributed by atoms with Crippen LogP contribution < -0.4 is 0 Å². The van der Waals surface area contributed by atoms with E-state index in [4.69, 9.17) is 93.3 Å². The van der Waals surface area contributed by atoms with E-state index in [1.165, 1.54) is 103 Å². The zero-order valence-corrected chi connectivity index (χ0v) is 50.1. The van der Waals surface area contributed by atoms with Gasteiger partial charge >= 0.3 is 35.8 Å². The molecule has 0 saturated heterocycles. The summed E-state index contributed by atoms with van der Waals surface area (Å²) in [5, 5.41) is 0. The molecule has 0 aliphatic heterocycles. The standard InChI is InChI=1S/C14H21ClO2.C13H19ClO2.C10H17ClO2.C9H15ClO2.C5H9ClO3.C4H7ClO3/c1-2-14(17-13(16)8-15)11-4-9-3-10(6-11)7-12(14)5-9;1-13(16-12(15)7-14)10-3-8-2-9(5-10)6-11(13)4-8;1-2-10(13-9(12)8-11)6-4-3-5-7-10;1-2-9(5-3-4-6-9)12-8(11)7-10;1-2-8-4-9-5(7)3-6;1-7-3-8-4(6)2-5/h9-12H,2-8H2,1H3;8-11H,2-7H2,1H3;2-8H2,1H3;2-7H2,1H3;2-4H2,1H3;2-3H2,1H3. The number of methoxy groups -OCH3 is 1. The van der Waals surface area contributed by atoms with E-state index in [0.29, 0.717) is 30.3 Å². The zero-order valence-electron chi connectivity index (χ0n) is 45.5. The Morgan fingerprint density at radius 1 is 0.413 bits per heavy atom. The largest absolute Gasteiger partial charge is 0.458 e. The fourth-order valence-corrected chi connectivity index (χ4v) is 14.2. The van der Waals surface area contributed by atoms with Crippen molar-refractivity contribution in [2.75, 3.05) is 62.6 Å². The molecule has 20 heteroatoms. The summed E-state index contributed by atoms with van der Waals surface area (Å²) < 4.78 is 40.2. The lowest BCUT2D eigenvalue weighted by Crippen LogP contribution is -2.59. The van der Waals surface area contributed by atoms with E-state index in [2.05, 4.69) is 41.9 Å². The van der Waals surface area contributed by atoms with Gasteiger partial charge in [-0.1, -0.05) is 27.2 Å². The van der Waals surface area contributed by atoms with E-state index >= 15 is 0 Å². The summed E-state index contributed by atoms with van der Waals surface area (Å²) in [7, 11) is 1.43. The molecule has 0 aromatic carbocycles. The highest BCUT2D eigenvalue weighted by atomic mass is 35.5. The van der Waals surface area contributed by atoms with Crippen molar-refractivity contribution < 1.29 is 66.7 Å². The molecule has 434 valence electrons. The van der Waals surface area contributed by atoms with Gasteiger partial charge < -0.3 is 37.9 Å². The van der Waals surface area contributed by atoms with Gasteiger partial charge in [-0.3, -0.25) is 28.8 Å². The minimum Gasteiger partial charge on any atom is -0.458 e. The van der Waals surface area contributed by atoms with Crippen LogP contribution in [0.15, 0.2) is 0 Å². The van der Waals surface area contributed by atoms with Crippen LogP contribution in [0.5, 0.6) is 0 Å². The maximum atomic E-state index is 11.6. The van der Waals surface area contributed by atoms with Crippen LogP contribution in [-0.4, -0.2) is 121 Å². The third kappa shape index (κ3) is 20.8. The van der Waals surface area contributed by atoms with Crippen LogP contribution in [0.4, 0.5) is 0 Å². The molecule has 0 heterocycles. The topological polar surface area (TPSA) is 176 Å². The van der Waals surface area contributed by atoms with Crippen LogP contribution in [0.25, 0.3) is 0 Å². The van der Waals surface area contributed by atoms with Gasteiger partial charge in [-0.25, -0.2) is 0 Å². The van der Waals surface area contributed by atoms with Gasteiger partial charge in [0.15, 0.2) is 13.6 Å². The van der Waals surface area contributed by atoms with E-state index in [-0.39, 0.29) is 95.1 Å². The number of esters is 6. The lowest BCUT2D eigenvalue weighted by atomic mass is 9.49. The summed E-state index contributed by atoms with van der Waals surface area (Å²) in [6.45, 7) is 10.8. The van der Waals surface area contributed by atoms with Crippen molar-refractivity contribution in [1.29, 1.82) is 0 Å². The molecule has 8 bridgehead atoms. The Kier molecular flexibility index (Phi) is 31.2. The third-order valence-electron chi connectivity index (χ3n) is 17.2. The predicted octanol–water partition coefficient (Wildman–Crippen LogP) is 12.9. The SMILES string of the molecule is CC1(OC(=O)CCl)C2CC3CC(C2)CC1C3.CCC1(OC(=O)CCl)C2CC3CC(C2)CC1C3.CCC1(OC(=O)CCl)CCCC1.CCC1(OC(=O)CCl)CCCCC1.CCOCOC(=O)CCl.COCOC(=O)CCl. The third-order valence-corrected chi connectivity index (χ3v) is 18.5. The van der Waals surface area contributed by atoms with Crippen molar-refractivity contribution in [3.05, 3.63) is 0 Å². The molecule has 0 aromatic heterocycles. The average molecular weight is 1190 g/mol. The Labute approximate surface area is 477 Å². The summed E-state index contributed by atoms with van der Waals surface area (Å²) in [5.41, 5.74) is -0.741. The average Bonchev–Trinajstić information content (AvgIpc) is 3.89. The number of carbonyl (C=O) groups is 6. The zero-order chi connectivity index (χ0) is 55.7. The Bertz CT molecular complexity index is 1680. The first kappa shape index (κ1) is 67.8. The van der Waals surface area contributed by atoms with Crippen LogP contribution in [-0.2, 0) is 66.7 Å². The molecule has 0 spiro atoms. The smallest absolute Gasteiger partial charge is 0.322 e. The van der Waals surface area contributed by atoms with Crippen molar-refractivity contribution >= 4 is 105 Å². The normalized spacial score (nSPS) is 30.2. The quantitative estimate of drug-likeness (QED) is 0.0416. The van der Waals surface area contributed by atoms with E-state index in [1.807, 2.05) is 6.92 Å². The molecule has 10 fully saturated rings. The first-order chi connectivity index (χ1) is 35.9. The monoisotopic (exact) mass is 1180 g/mol. The lowest BCUT2D eigenvalue weighted by Gasteiger charge is -2.60. The summed E-state index contributed by atoms with van der Waals surface area (Å²) >= 11 is 32.1. The second kappa shape index (κ2) is 34.6. The van der Waals surface area contributed by atoms with E-state index in [1.54, 1.807) is 0 Å². The lowest BCUT2D eigenvalue weighted by molar-refractivity contribution is -0.208. The molecule has 10 saturated carbocycles. The number of rotatable bonds is 18.